The Balaban J connectivity index is 2.16. The van der Waals surface area contributed by atoms with Crippen molar-refractivity contribution in [1.29, 1.82) is 0 Å². The summed E-state index contributed by atoms with van der Waals surface area (Å²) >= 11 is 5.27. The van der Waals surface area contributed by atoms with Crippen molar-refractivity contribution in [2.75, 3.05) is 13.2 Å². The number of carbonyl (C=O) groups excluding carboxylic acids is 1. The summed E-state index contributed by atoms with van der Waals surface area (Å²) in [7, 11) is 0. The molecule has 27 heavy (non-hydrogen) atoms. The van der Waals surface area contributed by atoms with Gasteiger partial charge in [-0.15, -0.1) is 0 Å². The van der Waals surface area contributed by atoms with Crippen LogP contribution in [-0.2, 0) is 4.79 Å². The lowest BCUT2D eigenvalue weighted by Crippen LogP contribution is -2.46. The number of rotatable bonds is 6. The van der Waals surface area contributed by atoms with Crippen LogP contribution in [0.15, 0.2) is 23.4 Å². The van der Waals surface area contributed by atoms with Crippen molar-refractivity contribution in [1.82, 2.24) is 10.6 Å². The van der Waals surface area contributed by atoms with Crippen LogP contribution in [0, 0.1) is 10.1 Å². The van der Waals surface area contributed by atoms with E-state index in [9.17, 15) is 14.9 Å². The van der Waals surface area contributed by atoms with E-state index in [2.05, 4.69) is 10.6 Å². The molecule has 1 atom stereocenters. The number of ether oxygens (including phenoxy) is 2. The zero-order chi connectivity index (χ0) is 19.6. The lowest BCUT2D eigenvalue weighted by Gasteiger charge is -2.34. The maximum Gasteiger partial charge on any atom is 0.315 e. The minimum Gasteiger partial charge on any atom is -0.490 e. The van der Waals surface area contributed by atoms with Gasteiger partial charge in [0.05, 0.1) is 24.2 Å². The first-order valence-electron chi connectivity index (χ1n) is 8.87. The molecule has 0 radical (unpaired) electrons. The second-order valence-electron chi connectivity index (χ2n) is 6.19. The molecule has 8 nitrogen and oxygen atoms in total. The summed E-state index contributed by atoms with van der Waals surface area (Å²) < 4.78 is 11.1. The van der Waals surface area contributed by atoms with Crippen LogP contribution in [0.5, 0.6) is 11.5 Å². The van der Waals surface area contributed by atoms with Gasteiger partial charge in [0.15, 0.2) is 16.6 Å². The number of benzene rings is 1. The minimum absolute atomic E-state index is 0.0123. The van der Waals surface area contributed by atoms with Crippen molar-refractivity contribution in [2.24, 2.45) is 0 Å². The first-order valence-corrected chi connectivity index (χ1v) is 9.28. The Morgan fingerprint density at radius 2 is 2.00 bits per heavy atom. The predicted molar refractivity (Wildman–Crippen MR) is 103 cm³/mol. The number of thiocarbonyl (C=S) groups is 1. The molecule has 0 spiro atoms. The molecule has 9 heteroatoms. The lowest BCUT2D eigenvalue weighted by molar-refractivity contribution is -0.386. The predicted octanol–water partition coefficient (Wildman–Crippen LogP) is 2.92. The molecule has 0 fully saturated rings. The fraction of sp³-hybridized carbons (Fsp3) is 0.444. The average molecular weight is 391 g/mol. The van der Waals surface area contributed by atoms with E-state index in [0.29, 0.717) is 29.3 Å². The van der Waals surface area contributed by atoms with Crippen molar-refractivity contribution in [3.05, 3.63) is 39.1 Å². The Bertz CT molecular complexity index is 837. The summed E-state index contributed by atoms with van der Waals surface area (Å²) in [4.78, 5) is 23.7. The number of nitro benzene ring substituents is 1. The molecule has 0 amide bonds. The fourth-order valence-electron chi connectivity index (χ4n) is 3.42. The van der Waals surface area contributed by atoms with Gasteiger partial charge in [0.1, 0.15) is 0 Å². The van der Waals surface area contributed by atoms with Gasteiger partial charge in [-0.2, -0.15) is 0 Å². The summed E-state index contributed by atoms with van der Waals surface area (Å²) in [6.45, 7) is 4.13. The standard InChI is InChI=1S/C18H21N3O5S/c1-3-25-14-9-10(8-12(21(23)24)17(14)26-4-2)16-15-11(19-18(27)20-16)6-5-7-13(15)22/h8-9,16H,3-7H2,1-2H3,(H2,19,20,27). The van der Waals surface area contributed by atoms with E-state index in [-0.39, 0.29) is 29.6 Å². The topological polar surface area (TPSA) is 103 Å². The summed E-state index contributed by atoms with van der Waals surface area (Å²) in [6.07, 6.45) is 1.92. The fourth-order valence-corrected chi connectivity index (χ4v) is 3.66. The third-order valence-electron chi connectivity index (χ3n) is 4.46. The van der Waals surface area contributed by atoms with E-state index in [1.54, 1.807) is 19.9 Å². The van der Waals surface area contributed by atoms with E-state index < -0.39 is 11.0 Å². The highest BCUT2D eigenvalue weighted by Gasteiger charge is 2.35. The number of allylic oxidation sites excluding steroid dienone is 1. The van der Waals surface area contributed by atoms with Gasteiger partial charge < -0.3 is 20.1 Å². The van der Waals surface area contributed by atoms with Crippen LogP contribution in [-0.4, -0.2) is 29.0 Å². The number of hydrogen-bond acceptors (Lipinski definition) is 6. The van der Waals surface area contributed by atoms with Gasteiger partial charge in [0, 0.05) is 23.8 Å². The molecule has 1 aromatic carbocycles. The monoisotopic (exact) mass is 391 g/mol. The Kier molecular flexibility index (Phi) is 5.59. The van der Waals surface area contributed by atoms with E-state index in [1.165, 1.54) is 6.07 Å². The second kappa shape index (κ2) is 7.91. The smallest absolute Gasteiger partial charge is 0.315 e. The average Bonchev–Trinajstić information content (AvgIpc) is 2.62. The van der Waals surface area contributed by atoms with Crippen LogP contribution in [0.2, 0.25) is 0 Å². The molecule has 2 aliphatic rings. The Hall–Kier alpha value is -2.68. The first-order chi connectivity index (χ1) is 13.0. The minimum atomic E-state index is -0.560. The van der Waals surface area contributed by atoms with Gasteiger partial charge in [0.2, 0.25) is 5.75 Å². The molecule has 0 saturated heterocycles. The van der Waals surface area contributed by atoms with E-state index >= 15 is 0 Å². The molecule has 0 saturated carbocycles. The second-order valence-corrected chi connectivity index (χ2v) is 6.60. The van der Waals surface area contributed by atoms with Crippen LogP contribution in [0.25, 0.3) is 0 Å². The quantitative estimate of drug-likeness (QED) is 0.433. The highest BCUT2D eigenvalue weighted by molar-refractivity contribution is 7.80. The first kappa shape index (κ1) is 19.1. The van der Waals surface area contributed by atoms with Crippen molar-refractivity contribution in [3.63, 3.8) is 0 Å². The van der Waals surface area contributed by atoms with E-state index in [4.69, 9.17) is 21.7 Å². The zero-order valence-corrected chi connectivity index (χ0v) is 16.0. The molecule has 1 aromatic rings. The van der Waals surface area contributed by atoms with E-state index in [0.717, 1.165) is 18.5 Å². The highest BCUT2D eigenvalue weighted by atomic mass is 32.1. The summed E-state index contributed by atoms with van der Waals surface area (Å²) in [6, 6.07) is 2.54. The number of nitrogens with zero attached hydrogens (tertiary/aromatic N) is 1. The zero-order valence-electron chi connectivity index (χ0n) is 15.2. The van der Waals surface area contributed by atoms with Gasteiger partial charge in [0.25, 0.3) is 0 Å². The van der Waals surface area contributed by atoms with Crippen LogP contribution in [0.1, 0.15) is 44.7 Å². The highest BCUT2D eigenvalue weighted by Crippen LogP contribution is 2.42. The maximum absolute atomic E-state index is 12.5. The van der Waals surface area contributed by atoms with Gasteiger partial charge in [-0.1, -0.05) is 0 Å². The summed E-state index contributed by atoms with van der Waals surface area (Å²) in [5.74, 6) is 0.382. The van der Waals surface area contributed by atoms with Crippen LogP contribution in [0.4, 0.5) is 5.69 Å². The molecule has 144 valence electrons. The van der Waals surface area contributed by atoms with Crippen molar-refractivity contribution in [2.45, 2.75) is 39.2 Å². The molecular weight excluding hydrogens is 370 g/mol. The lowest BCUT2D eigenvalue weighted by atomic mass is 9.85. The summed E-state index contributed by atoms with van der Waals surface area (Å²) in [5.41, 5.74) is 1.71. The van der Waals surface area contributed by atoms with Gasteiger partial charge in [-0.25, -0.2) is 0 Å². The molecule has 0 aromatic heterocycles. The number of Topliss-reactive ketones (excluding diaryl/α,β-unsaturated/α-hetero) is 1. The molecular formula is C18H21N3O5S. The number of nitro groups is 1. The van der Waals surface area contributed by atoms with Crippen LogP contribution >= 0.6 is 12.2 Å². The Morgan fingerprint density at radius 3 is 2.67 bits per heavy atom. The van der Waals surface area contributed by atoms with E-state index in [1.807, 2.05) is 0 Å². The number of nitrogens with one attached hydrogen (secondary N) is 2. The maximum atomic E-state index is 12.5. The van der Waals surface area contributed by atoms with Crippen molar-refractivity contribution < 1.29 is 19.2 Å². The number of carbonyl (C=O) groups is 1. The molecule has 0 bridgehead atoms. The van der Waals surface area contributed by atoms with Gasteiger partial charge in [-0.3, -0.25) is 14.9 Å². The largest absolute Gasteiger partial charge is 0.490 e. The summed E-state index contributed by atoms with van der Waals surface area (Å²) in [5, 5.41) is 18.1. The SMILES string of the molecule is CCOc1cc(C2NC(=S)NC3=C2C(=O)CCC3)cc([N+](=O)[O-])c1OCC. The van der Waals surface area contributed by atoms with Crippen LogP contribution in [0.3, 0.4) is 0 Å². The van der Waals surface area contributed by atoms with Crippen LogP contribution < -0.4 is 20.1 Å². The molecule has 1 unspecified atom stereocenters. The van der Waals surface area contributed by atoms with Gasteiger partial charge >= 0.3 is 5.69 Å². The van der Waals surface area contributed by atoms with Crippen molar-refractivity contribution >= 4 is 28.8 Å². The molecule has 1 aliphatic heterocycles. The molecule has 1 heterocycles. The number of hydrogen-bond donors (Lipinski definition) is 2. The Morgan fingerprint density at radius 1 is 1.26 bits per heavy atom. The molecule has 3 rings (SSSR count). The third-order valence-corrected chi connectivity index (χ3v) is 4.68. The molecule has 1 aliphatic carbocycles. The molecule has 2 N–H and O–H groups in total. The van der Waals surface area contributed by atoms with Crippen molar-refractivity contribution in [3.8, 4) is 11.5 Å². The third kappa shape index (κ3) is 3.73. The number of ketones is 1. The normalized spacial score (nSPS) is 19.1. The van der Waals surface area contributed by atoms with Gasteiger partial charge in [-0.05, 0) is 50.5 Å². The Labute approximate surface area is 162 Å².